The molecule has 0 saturated carbocycles. The fraction of sp³-hybridized carbons (Fsp3) is 0.143. The zero-order valence-corrected chi connectivity index (χ0v) is 11.7. The number of hydrogen-bond acceptors (Lipinski definition) is 3. The third-order valence-electron chi connectivity index (χ3n) is 2.88. The smallest absolute Gasteiger partial charge is 0.264 e. The van der Waals surface area contributed by atoms with Crippen LogP contribution in [0.25, 0.3) is 0 Å². The Hall–Kier alpha value is -2.08. The van der Waals surface area contributed by atoms with Crippen LogP contribution in [0.3, 0.4) is 0 Å². The summed E-state index contributed by atoms with van der Waals surface area (Å²) < 4.78 is 39.9. The van der Waals surface area contributed by atoms with Gasteiger partial charge in [-0.05, 0) is 42.3 Å². The van der Waals surface area contributed by atoms with Crippen LogP contribution < -0.4 is 10.5 Å². The van der Waals surface area contributed by atoms with Crippen LogP contribution in [0.1, 0.15) is 12.5 Å². The van der Waals surface area contributed by atoms with Gasteiger partial charge in [-0.15, -0.1) is 0 Å². The third-order valence-corrected chi connectivity index (χ3v) is 4.32. The molecule has 20 heavy (non-hydrogen) atoms. The fourth-order valence-electron chi connectivity index (χ4n) is 1.76. The quantitative estimate of drug-likeness (QED) is 0.852. The first-order valence-electron chi connectivity index (χ1n) is 6.09. The van der Waals surface area contributed by atoms with Crippen LogP contribution in [-0.2, 0) is 16.4 Å². The number of sulfonamides is 1. The molecule has 0 amide bonds. The average Bonchev–Trinajstić information content (AvgIpc) is 2.42. The molecule has 106 valence electrons. The predicted octanol–water partition coefficient (Wildman–Crippen LogP) is 2.77. The van der Waals surface area contributed by atoms with Gasteiger partial charge in [-0.1, -0.05) is 19.1 Å². The van der Waals surface area contributed by atoms with Gasteiger partial charge in [-0.3, -0.25) is 4.72 Å². The van der Waals surface area contributed by atoms with Gasteiger partial charge in [0, 0.05) is 5.69 Å². The lowest BCUT2D eigenvalue weighted by atomic mass is 10.2. The number of nitrogen functional groups attached to an aromatic ring is 1. The van der Waals surface area contributed by atoms with Crippen molar-refractivity contribution >= 4 is 21.4 Å². The molecule has 3 N–H and O–H groups in total. The highest BCUT2D eigenvalue weighted by molar-refractivity contribution is 7.92. The largest absolute Gasteiger partial charge is 0.398 e. The van der Waals surface area contributed by atoms with E-state index in [0.717, 1.165) is 24.1 Å². The summed E-state index contributed by atoms with van der Waals surface area (Å²) in [6, 6.07) is 10.2. The van der Waals surface area contributed by atoms with E-state index in [9.17, 15) is 12.8 Å². The Kier molecular flexibility index (Phi) is 3.94. The Bertz CT molecular complexity index is 712. The molecule has 0 bridgehead atoms. The molecule has 0 unspecified atom stereocenters. The average molecular weight is 294 g/mol. The topological polar surface area (TPSA) is 72.2 Å². The highest BCUT2D eigenvalue weighted by Crippen LogP contribution is 2.22. The number of nitrogens with two attached hydrogens (primary N) is 1. The molecule has 4 nitrogen and oxygen atoms in total. The van der Waals surface area contributed by atoms with Gasteiger partial charge in [0.25, 0.3) is 10.0 Å². The number of halogens is 1. The lowest BCUT2D eigenvalue weighted by molar-refractivity contribution is 0.596. The molecule has 0 atom stereocenters. The molecule has 2 rings (SSSR count). The summed E-state index contributed by atoms with van der Waals surface area (Å²) in [5.74, 6) is -0.652. The van der Waals surface area contributed by atoms with Gasteiger partial charge < -0.3 is 5.73 Å². The van der Waals surface area contributed by atoms with Crippen LogP contribution in [0.15, 0.2) is 47.4 Å². The minimum atomic E-state index is -3.90. The molecule has 0 aliphatic carbocycles. The maximum Gasteiger partial charge on any atom is 0.264 e. The summed E-state index contributed by atoms with van der Waals surface area (Å²) in [6.45, 7) is 2.01. The highest BCUT2D eigenvalue weighted by atomic mass is 32.2. The van der Waals surface area contributed by atoms with E-state index in [4.69, 9.17) is 5.73 Å². The zero-order chi connectivity index (χ0) is 14.8. The maximum atomic E-state index is 13.2. The molecule has 0 aliphatic rings. The molecular formula is C14H15FN2O2S. The van der Waals surface area contributed by atoms with Gasteiger partial charge in [-0.25, -0.2) is 12.8 Å². The second kappa shape index (κ2) is 5.50. The molecule has 6 heteroatoms. The third kappa shape index (κ3) is 3.08. The Morgan fingerprint density at radius 1 is 1.15 bits per heavy atom. The van der Waals surface area contributed by atoms with Gasteiger partial charge in [0.1, 0.15) is 10.7 Å². The van der Waals surface area contributed by atoms with E-state index in [1.807, 2.05) is 19.1 Å². The molecule has 2 aromatic carbocycles. The Morgan fingerprint density at radius 2 is 1.80 bits per heavy atom. The maximum absolute atomic E-state index is 13.2. The molecule has 0 spiro atoms. The van der Waals surface area contributed by atoms with E-state index in [2.05, 4.69) is 4.72 Å². The number of benzene rings is 2. The van der Waals surface area contributed by atoms with Crippen LogP contribution in [0.5, 0.6) is 0 Å². The highest BCUT2D eigenvalue weighted by Gasteiger charge is 2.18. The van der Waals surface area contributed by atoms with Crippen molar-refractivity contribution in [3.8, 4) is 0 Å². The van der Waals surface area contributed by atoms with Gasteiger partial charge in [0.15, 0.2) is 0 Å². The van der Waals surface area contributed by atoms with Crippen molar-refractivity contribution < 1.29 is 12.8 Å². The lowest BCUT2D eigenvalue weighted by Crippen LogP contribution is -2.15. The summed E-state index contributed by atoms with van der Waals surface area (Å²) in [5.41, 5.74) is 7.10. The van der Waals surface area contributed by atoms with Crippen molar-refractivity contribution in [2.75, 3.05) is 10.5 Å². The summed E-state index contributed by atoms with van der Waals surface area (Å²) in [5, 5.41) is 0. The summed E-state index contributed by atoms with van der Waals surface area (Å²) >= 11 is 0. The first-order chi connectivity index (χ1) is 9.42. The number of aryl methyl sites for hydroxylation is 1. The molecule has 0 saturated heterocycles. The predicted molar refractivity (Wildman–Crippen MR) is 77.4 cm³/mol. The number of hydrogen-bond donors (Lipinski definition) is 2. The van der Waals surface area contributed by atoms with Crippen LogP contribution in [0.4, 0.5) is 15.8 Å². The van der Waals surface area contributed by atoms with Crippen molar-refractivity contribution in [2.45, 2.75) is 18.2 Å². The van der Waals surface area contributed by atoms with Crippen molar-refractivity contribution in [2.24, 2.45) is 0 Å². The van der Waals surface area contributed by atoms with E-state index >= 15 is 0 Å². The van der Waals surface area contributed by atoms with Crippen molar-refractivity contribution in [1.82, 2.24) is 0 Å². The van der Waals surface area contributed by atoms with E-state index < -0.39 is 15.8 Å². The molecule has 0 aromatic heterocycles. The second-order valence-electron chi connectivity index (χ2n) is 4.34. The Morgan fingerprint density at radius 3 is 2.40 bits per heavy atom. The number of rotatable bonds is 4. The summed E-state index contributed by atoms with van der Waals surface area (Å²) in [7, 11) is -3.90. The van der Waals surface area contributed by atoms with E-state index in [-0.39, 0.29) is 10.6 Å². The van der Waals surface area contributed by atoms with E-state index in [1.165, 1.54) is 6.07 Å². The number of anilines is 2. The molecule has 0 aliphatic heterocycles. The summed E-state index contributed by atoms with van der Waals surface area (Å²) in [6.07, 6.45) is 0.865. The SMILES string of the molecule is CCc1ccc(NS(=O)(=O)c2cc(F)ccc2N)cc1. The molecule has 0 fully saturated rings. The minimum absolute atomic E-state index is 0.00378. The van der Waals surface area contributed by atoms with Gasteiger partial charge in [-0.2, -0.15) is 0 Å². The fourth-order valence-corrected chi connectivity index (χ4v) is 2.96. The lowest BCUT2D eigenvalue weighted by Gasteiger charge is -2.10. The minimum Gasteiger partial charge on any atom is -0.398 e. The first-order valence-corrected chi connectivity index (χ1v) is 7.57. The van der Waals surface area contributed by atoms with E-state index in [0.29, 0.717) is 5.69 Å². The standard InChI is InChI=1S/C14H15FN2O2S/c1-2-10-3-6-12(7-4-10)17-20(18,19)14-9-11(15)5-8-13(14)16/h3-9,17H,2,16H2,1H3. The van der Waals surface area contributed by atoms with Crippen LogP contribution in [0.2, 0.25) is 0 Å². The van der Waals surface area contributed by atoms with Crippen molar-refractivity contribution in [3.05, 3.63) is 53.8 Å². The monoisotopic (exact) mass is 294 g/mol. The normalized spacial score (nSPS) is 11.3. The molecular weight excluding hydrogens is 279 g/mol. The van der Waals surface area contributed by atoms with Crippen molar-refractivity contribution in [3.63, 3.8) is 0 Å². The van der Waals surface area contributed by atoms with Crippen LogP contribution >= 0.6 is 0 Å². The number of nitrogens with one attached hydrogen (secondary N) is 1. The van der Waals surface area contributed by atoms with Crippen LogP contribution in [-0.4, -0.2) is 8.42 Å². The van der Waals surface area contributed by atoms with Gasteiger partial charge in [0.2, 0.25) is 0 Å². The molecule has 0 radical (unpaired) electrons. The Labute approximate surface area is 117 Å². The second-order valence-corrected chi connectivity index (χ2v) is 5.99. The van der Waals surface area contributed by atoms with Gasteiger partial charge in [0.05, 0.1) is 5.69 Å². The van der Waals surface area contributed by atoms with Gasteiger partial charge >= 0.3 is 0 Å². The first kappa shape index (κ1) is 14.3. The van der Waals surface area contributed by atoms with Crippen molar-refractivity contribution in [1.29, 1.82) is 0 Å². The van der Waals surface area contributed by atoms with Crippen LogP contribution in [0, 0.1) is 5.82 Å². The zero-order valence-electron chi connectivity index (χ0n) is 10.9. The summed E-state index contributed by atoms with van der Waals surface area (Å²) in [4.78, 5) is -0.267. The Balaban J connectivity index is 2.32. The van der Waals surface area contributed by atoms with E-state index in [1.54, 1.807) is 12.1 Å². The molecule has 0 heterocycles. The molecule has 2 aromatic rings.